The first-order valence-electron chi connectivity index (χ1n) is 10.2. The van der Waals surface area contributed by atoms with Gasteiger partial charge in [0.05, 0.1) is 12.3 Å². The highest BCUT2D eigenvalue weighted by Gasteiger charge is 2.54. The van der Waals surface area contributed by atoms with E-state index in [0.717, 1.165) is 33.5 Å². The van der Waals surface area contributed by atoms with Gasteiger partial charge in [-0.3, -0.25) is 14.5 Å². The Morgan fingerprint density at radius 1 is 0.933 bits per heavy atom. The SMILES string of the molecule is CCOC(=O)CN1C(=O)C(c2ccccc2)(c2ccccc2)c2cc(C)cc(C)c21. The monoisotopic (exact) mass is 399 g/mol. The summed E-state index contributed by atoms with van der Waals surface area (Å²) in [5.41, 5.74) is 4.52. The second-order valence-electron chi connectivity index (χ2n) is 7.66. The summed E-state index contributed by atoms with van der Waals surface area (Å²) < 4.78 is 5.18. The van der Waals surface area contributed by atoms with Crippen LogP contribution >= 0.6 is 0 Å². The zero-order valence-electron chi connectivity index (χ0n) is 17.5. The highest BCUT2D eigenvalue weighted by molar-refractivity contribution is 6.15. The molecule has 0 aliphatic carbocycles. The van der Waals surface area contributed by atoms with Crippen molar-refractivity contribution in [3.8, 4) is 0 Å². The standard InChI is InChI=1S/C26H25NO3/c1-4-30-23(28)17-27-24-19(3)15-18(2)16-22(24)26(25(27)29,20-11-7-5-8-12-20)21-13-9-6-10-14-21/h5-16H,4,17H2,1-3H3. The smallest absolute Gasteiger partial charge is 0.326 e. The molecule has 0 unspecified atom stereocenters. The molecule has 0 aromatic heterocycles. The van der Waals surface area contributed by atoms with Crippen molar-refractivity contribution in [2.24, 2.45) is 0 Å². The summed E-state index contributed by atoms with van der Waals surface area (Å²) in [6.45, 7) is 5.97. The average molecular weight is 399 g/mol. The van der Waals surface area contributed by atoms with Crippen molar-refractivity contribution in [2.75, 3.05) is 18.1 Å². The van der Waals surface area contributed by atoms with Crippen LogP contribution in [0.4, 0.5) is 5.69 Å². The van der Waals surface area contributed by atoms with E-state index in [0.29, 0.717) is 0 Å². The van der Waals surface area contributed by atoms with Gasteiger partial charge in [-0.25, -0.2) is 0 Å². The molecule has 0 saturated heterocycles. The van der Waals surface area contributed by atoms with Crippen molar-refractivity contribution in [3.05, 3.63) is 101 Å². The maximum absolute atomic E-state index is 14.2. The number of benzene rings is 3. The second kappa shape index (κ2) is 7.79. The number of aryl methyl sites for hydroxylation is 2. The van der Waals surface area contributed by atoms with E-state index in [-0.39, 0.29) is 19.1 Å². The summed E-state index contributed by atoms with van der Waals surface area (Å²) in [4.78, 5) is 28.2. The molecule has 152 valence electrons. The van der Waals surface area contributed by atoms with Crippen molar-refractivity contribution in [2.45, 2.75) is 26.2 Å². The lowest BCUT2D eigenvalue weighted by molar-refractivity contribution is -0.142. The molecule has 0 spiro atoms. The number of ether oxygens (including phenoxy) is 1. The first-order chi connectivity index (χ1) is 14.5. The van der Waals surface area contributed by atoms with Crippen molar-refractivity contribution < 1.29 is 14.3 Å². The van der Waals surface area contributed by atoms with Crippen LogP contribution in [0.15, 0.2) is 72.8 Å². The van der Waals surface area contributed by atoms with E-state index in [1.165, 1.54) is 0 Å². The van der Waals surface area contributed by atoms with Crippen LogP contribution in [0.5, 0.6) is 0 Å². The third-order valence-electron chi connectivity index (χ3n) is 5.69. The summed E-state index contributed by atoms with van der Waals surface area (Å²) >= 11 is 0. The molecule has 1 amide bonds. The van der Waals surface area contributed by atoms with Gasteiger partial charge in [-0.1, -0.05) is 78.4 Å². The van der Waals surface area contributed by atoms with Crippen LogP contribution in [0, 0.1) is 13.8 Å². The highest BCUT2D eigenvalue weighted by Crippen LogP contribution is 2.51. The zero-order valence-corrected chi connectivity index (χ0v) is 17.5. The van der Waals surface area contributed by atoms with Crippen LogP contribution in [0.2, 0.25) is 0 Å². The van der Waals surface area contributed by atoms with Gasteiger partial charge in [-0.2, -0.15) is 0 Å². The molecule has 4 heteroatoms. The van der Waals surface area contributed by atoms with E-state index in [1.54, 1.807) is 11.8 Å². The Morgan fingerprint density at radius 2 is 1.50 bits per heavy atom. The number of rotatable bonds is 5. The molecule has 3 aromatic rings. The lowest BCUT2D eigenvalue weighted by Gasteiger charge is -2.30. The van der Waals surface area contributed by atoms with Gasteiger partial charge in [0.1, 0.15) is 12.0 Å². The van der Waals surface area contributed by atoms with Crippen molar-refractivity contribution in [1.29, 1.82) is 0 Å². The van der Waals surface area contributed by atoms with Crippen molar-refractivity contribution >= 4 is 17.6 Å². The summed E-state index contributed by atoms with van der Waals surface area (Å²) in [5.74, 6) is -0.537. The zero-order chi connectivity index (χ0) is 21.3. The largest absolute Gasteiger partial charge is 0.465 e. The van der Waals surface area contributed by atoms with Gasteiger partial charge in [0.2, 0.25) is 5.91 Å². The Labute approximate surface area is 177 Å². The first kappa shape index (κ1) is 19.9. The lowest BCUT2D eigenvalue weighted by Crippen LogP contribution is -2.44. The summed E-state index contributed by atoms with van der Waals surface area (Å²) in [7, 11) is 0. The van der Waals surface area contributed by atoms with Crippen LogP contribution in [0.25, 0.3) is 0 Å². The van der Waals surface area contributed by atoms with Crippen molar-refractivity contribution in [1.82, 2.24) is 0 Å². The van der Waals surface area contributed by atoms with Crippen molar-refractivity contribution in [3.63, 3.8) is 0 Å². The summed E-state index contributed by atoms with van der Waals surface area (Å²) in [6, 6.07) is 23.8. The number of esters is 1. The number of nitrogens with zero attached hydrogens (tertiary/aromatic N) is 1. The minimum absolute atomic E-state index is 0.106. The fraction of sp³-hybridized carbons (Fsp3) is 0.231. The Hall–Kier alpha value is -3.40. The highest BCUT2D eigenvalue weighted by atomic mass is 16.5. The Balaban J connectivity index is 2.04. The number of carbonyl (C=O) groups excluding carboxylic acids is 2. The van der Waals surface area contributed by atoms with Crippen LogP contribution < -0.4 is 4.90 Å². The van der Waals surface area contributed by atoms with Gasteiger partial charge in [0.25, 0.3) is 0 Å². The Kier molecular flexibility index (Phi) is 5.17. The van der Waals surface area contributed by atoms with Crippen LogP contribution in [-0.4, -0.2) is 25.0 Å². The molecule has 1 heterocycles. The first-order valence-corrected chi connectivity index (χ1v) is 10.2. The van der Waals surface area contributed by atoms with Gasteiger partial charge < -0.3 is 4.74 Å². The molecule has 0 N–H and O–H groups in total. The molecule has 0 atom stereocenters. The summed E-state index contributed by atoms with van der Waals surface area (Å²) in [6.07, 6.45) is 0. The fourth-order valence-corrected chi connectivity index (χ4v) is 4.61. The topological polar surface area (TPSA) is 46.6 Å². The van der Waals surface area contributed by atoms with Crippen LogP contribution in [-0.2, 0) is 19.7 Å². The Morgan fingerprint density at radius 3 is 2.03 bits per heavy atom. The minimum Gasteiger partial charge on any atom is -0.465 e. The van der Waals surface area contributed by atoms with E-state index in [1.807, 2.05) is 74.5 Å². The predicted molar refractivity (Wildman–Crippen MR) is 118 cm³/mol. The molecule has 0 fully saturated rings. The Bertz CT molecular complexity index is 1050. The maximum atomic E-state index is 14.2. The van der Waals surface area contributed by atoms with Gasteiger partial charge in [0, 0.05) is 5.56 Å². The van der Waals surface area contributed by atoms with E-state index < -0.39 is 11.4 Å². The number of carbonyl (C=O) groups is 2. The number of fused-ring (bicyclic) bond motifs is 1. The quantitative estimate of drug-likeness (QED) is 0.592. The van der Waals surface area contributed by atoms with Gasteiger partial charge in [0.15, 0.2) is 0 Å². The molecule has 0 saturated carbocycles. The van der Waals surface area contributed by atoms with Gasteiger partial charge in [-0.15, -0.1) is 0 Å². The normalized spacial score (nSPS) is 14.5. The number of hydrogen-bond acceptors (Lipinski definition) is 3. The van der Waals surface area contributed by atoms with Crippen LogP contribution in [0.3, 0.4) is 0 Å². The molecule has 0 bridgehead atoms. The fourth-order valence-electron chi connectivity index (χ4n) is 4.61. The number of hydrogen-bond donors (Lipinski definition) is 0. The number of anilines is 1. The molecular formula is C26H25NO3. The molecule has 4 nitrogen and oxygen atoms in total. The van der Waals surface area contributed by atoms with E-state index in [4.69, 9.17) is 4.74 Å². The molecule has 4 rings (SSSR count). The molecule has 1 aliphatic heterocycles. The van der Waals surface area contributed by atoms with E-state index >= 15 is 0 Å². The lowest BCUT2D eigenvalue weighted by atomic mass is 9.69. The van der Waals surface area contributed by atoms with E-state index in [9.17, 15) is 9.59 Å². The predicted octanol–water partition coefficient (Wildman–Crippen LogP) is 4.55. The number of amides is 1. The molecule has 0 radical (unpaired) electrons. The maximum Gasteiger partial charge on any atom is 0.326 e. The third kappa shape index (κ3) is 3.00. The summed E-state index contributed by atoms with van der Waals surface area (Å²) in [5, 5.41) is 0. The molecule has 3 aromatic carbocycles. The van der Waals surface area contributed by atoms with Gasteiger partial charge >= 0.3 is 5.97 Å². The van der Waals surface area contributed by atoms with Gasteiger partial charge in [-0.05, 0) is 37.5 Å². The molecular weight excluding hydrogens is 374 g/mol. The third-order valence-corrected chi connectivity index (χ3v) is 5.69. The molecule has 30 heavy (non-hydrogen) atoms. The average Bonchev–Trinajstić information content (AvgIpc) is 2.98. The van der Waals surface area contributed by atoms with E-state index in [2.05, 4.69) is 12.1 Å². The second-order valence-corrected chi connectivity index (χ2v) is 7.66. The molecule has 1 aliphatic rings. The minimum atomic E-state index is -1.01. The van der Waals surface area contributed by atoms with Crippen LogP contribution in [0.1, 0.15) is 34.7 Å².